The fraction of sp³-hybridized carbons (Fsp3) is 0.125. The third-order valence-corrected chi connectivity index (χ3v) is 4.08. The van der Waals surface area contributed by atoms with Crippen molar-refractivity contribution in [1.29, 1.82) is 0 Å². The molecule has 0 saturated carbocycles. The first-order valence-electron chi connectivity index (χ1n) is 6.73. The lowest BCUT2D eigenvalue weighted by Gasteiger charge is -2.12. The van der Waals surface area contributed by atoms with Gasteiger partial charge < -0.3 is 9.88 Å². The zero-order valence-electron chi connectivity index (χ0n) is 11.3. The molecule has 1 N–H and O–H groups in total. The summed E-state index contributed by atoms with van der Waals surface area (Å²) in [6, 6.07) is 12.9. The van der Waals surface area contributed by atoms with Crippen molar-refractivity contribution in [3.8, 4) is 11.4 Å². The number of nitrogens with one attached hydrogen (secondary N) is 1. The molecule has 4 rings (SSSR count). The average molecular weight is 298 g/mol. The van der Waals surface area contributed by atoms with Crippen molar-refractivity contribution in [2.75, 3.05) is 5.32 Å². The summed E-state index contributed by atoms with van der Waals surface area (Å²) < 4.78 is 1.97. The van der Waals surface area contributed by atoms with Crippen LogP contribution in [0.2, 0.25) is 5.02 Å². The van der Waals surface area contributed by atoms with Crippen LogP contribution in [-0.2, 0) is 4.79 Å². The van der Waals surface area contributed by atoms with E-state index in [1.165, 1.54) is 0 Å². The van der Waals surface area contributed by atoms with Gasteiger partial charge in [0.1, 0.15) is 11.9 Å². The molecule has 3 aromatic rings. The smallest absolute Gasteiger partial charge is 0.247 e. The summed E-state index contributed by atoms with van der Waals surface area (Å²) in [6.07, 6.45) is 0. The van der Waals surface area contributed by atoms with Crippen molar-refractivity contribution >= 4 is 34.2 Å². The van der Waals surface area contributed by atoms with Crippen LogP contribution < -0.4 is 5.32 Å². The van der Waals surface area contributed by atoms with Crippen LogP contribution in [0.4, 0.5) is 5.69 Å². The number of hydrogen-bond acceptors (Lipinski definition) is 2. The molecule has 0 unspecified atom stereocenters. The van der Waals surface area contributed by atoms with E-state index in [0.29, 0.717) is 5.02 Å². The molecule has 2 aromatic carbocycles. The van der Waals surface area contributed by atoms with Gasteiger partial charge >= 0.3 is 0 Å². The fourth-order valence-electron chi connectivity index (χ4n) is 2.79. The number of imidazole rings is 1. The lowest BCUT2D eigenvalue weighted by Crippen LogP contribution is -2.21. The fourth-order valence-corrected chi connectivity index (χ4v) is 2.96. The van der Waals surface area contributed by atoms with Gasteiger partial charge in [0.05, 0.1) is 16.7 Å². The van der Waals surface area contributed by atoms with Gasteiger partial charge in [-0.15, -0.1) is 0 Å². The van der Waals surface area contributed by atoms with Crippen LogP contribution in [-0.4, -0.2) is 15.5 Å². The van der Waals surface area contributed by atoms with Crippen molar-refractivity contribution in [2.45, 2.75) is 13.0 Å². The Bertz CT molecular complexity index is 884. The molecule has 21 heavy (non-hydrogen) atoms. The van der Waals surface area contributed by atoms with Crippen LogP contribution in [0.5, 0.6) is 0 Å². The molecule has 5 heteroatoms. The van der Waals surface area contributed by atoms with Crippen molar-refractivity contribution in [1.82, 2.24) is 9.55 Å². The van der Waals surface area contributed by atoms with Gasteiger partial charge in [-0.2, -0.15) is 0 Å². The molecular formula is C16H12ClN3O. The van der Waals surface area contributed by atoms with Gasteiger partial charge in [-0.25, -0.2) is 4.98 Å². The van der Waals surface area contributed by atoms with E-state index in [1.54, 1.807) is 6.07 Å². The molecule has 104 valence electrons. The van der Waals surface area contributed by atoms with Crippen molar-refractivity contribution in [3.05, 3.63) is 47.5 Å². The Morgan fingerprint density at radius 1 is 1.24 bits per heavy atom. The molecule has 1 aliphatic rings. The lowest BCUT2D eigenvalue weighted by molar-refractivity contribution is -0.118. The molecule has 0 bridgehead atoms. The molecule has 2 heterocycles. The van der Waals surface area contributed by atoms with Crippen LogP contribution >= 0.6 is 11.6 Å². The first-order valence-corrected chi connectivity index (χ1v) is 7.11. The Hall–Kier alpha value is -2.33. The highest BCUT2D eigenvalue weighted by atomic mass is 35.5. The van der Waals surface area contributed by atoms with E-state index in [4.69, 9.17) is 16.6 Å². The van der Waals surface area contributed by atoms with Crippen LogP contribution in [0.3, 0.4) is 0 Å². The highest BCUT2D eigenvalue weighted by molar-refractivity contribution is 6.31. The minimum absolute atomic E-state index is 0.0551. The maximum atomic E-state index is 12.4. The molecule has 1 aliphatic heterocycles. The summed E-state index contributed by atoms with van der Waals surface area (Å²) in [4.78, 5) is 17.1. The van der Waals surface area contributed by atoms with Crippen LogP contribution in [0, 0.1) is 0 Å². The number of hydrogen-bond donors (Lipinski definition) is 1. The van der Waals surface area contributed by atoms with E-state index >= 15 is 0 Å². The van der Waals surface area contributed by atoms with E-state index in [9.17, 15) is 4.79 Å². The zero-order chi connectivity index (χ0) is 14.6. The lowest BCUT2D eigenvalue weighted by atomic mass is 10.1. The minimum Gasteiger partial charge on any atom is -0.324 e. The molecule has 0 aliphatic carbocycles. The van der Waals surface area contributed by atoms with Gasteiger partial charge in [0.25, 0.3) is 0 Å². The molecule has 0 fully saturated rings. The highest BCUT2D eigenvalue weighted by Gasteiger charge is 2.27. The van der Waals surface area contributed by atoms with E-state index in [1.807, 2.05) is 47.9 Å². The summed E-state index contributed by atoms with van der Waals surface area (Å²) in [5.41, 5.74) is 3.41. The standard InChI is InChI=1S/C16H12ClN3O/c1-9-16(21)19-12-7-6-10(17)8-11(12)15-18-13-4-2-3-5-14(13)20(9)15/h2-9H,1H3,(H,19,21)/t9-/m0/s1. The SMILES string of the molecule is C[C@H]1C(=O)Nc2ccc(Cl)cc2-c2nc3ccccc3n21. The number of aromatic nitrogens is 2. The summed E-state index contributed by atoms with van der Waals surface area (Å²) in [5, 5.41) is 3.56. The van der Waals surface area contributed by atoms with Crippen LogP contribution in [0.25, 0.3) is 22.4 Å². The van der Waals surface area contributed by atoms with Crippen molar-refractivity contribution in [2.24, 2.45) is 0 Å². The van der Waals surface area contributed by atoms with Gasteiger partial charge in [-0.05, 0) is 37.3 Å². The predicted molar refractivity (Wildman–Crippen MR) is 83.5 cm³/mol. The second-order valence-electron chi connectivity index (χ2n) is 5.15. The van der Waals surface area contributed by atoms with Gasteiger partial charge in [0.15, 0.2) is 0 Å². The first kappa shape index (κ1) is 12.4. The average Bonchev–Trinajstić information content (AvgIpc) is 2.83. The number of rotatable bonds is 0. The molecule has 0 saturated heterocycles. The summed E-state index contributed by atoms with van der Waals surface area (Å²) in [7, 11) is 0. The Balaban J connectivity index is 2.14. The summed E-state index contributed by atoms with van der Waals surface area (Å²) >= 11 is 6.12. The topological polar surface area (TPSA) is 46.9 Å². The Kier molecular flexibility index (Phi) is 2.56. The number of carbonyl (C=O) groups excluding carboxylic acids is 1. The molecule has 0 radical (unpaired) electrons. The summed E-state index contributed by atoms with van der Waals surface area (Å²) in [5.74, 6) is 0.708. The third kappa shape index (κ3) is 1.76. The monoisotopic (exact) mass is 297 g/mol. The van der Waals surface area contributed by atoms with Gasteiger partial charge in [-0.1, -0.05) is 23.7 Å². The molecule has 0 spiro atoms. The van der Waals surface area contributed by atoms with Crippen molar-refractivity contribution in [3.63, 3.8) is 0 Å². The predicted octanol–water partition coefficient (Wildman–Crippen LogP) is 3.87. The highest BCUT2D eigenvalue weighted by Crippen LogP contribution is 2.37. The first-order chi connectivity index (χ1) is 10.1. The van der Waals surface area contributed by atoms with Gasteiger partial charge in [-0.3, -0.25) is 4.79 Å². The number of nitrogens with zero attached hydrogens (tertiary/aromatic N) is 2. The minimum atomic E-state index is -0.335. The Labute approximate surface area is 126 Å². The van der Waals surface area contributed by atoms with E-state index < -0.39 is 0 Å². The number of anilines is 1. The second kappa shape index (κ2) is 4.33. The third-order valence-electron chi connectivity index (χ3n) is 3.84. The van der Waals surface area contributed by atoms with Crippen molar-refractivity contribution < 1.29 is 4.79 Å². The Morgan fingerprint density at radius 2 is 2.05 bits per heavy atom. The molecule has 4 nitrogen and oxygen atoms in total. The molecule has 1 atom stereocenters. The van der Waals surface area contributed by atoms with E-state index in [-0.39, 0.29) is 11.9 Å². The molecule has 1 amide bonds. The van der Waals surface area contributed by atoms with E-state index in [2.05, 4.69) is 5.32 Å². The molecular weight excluding hydrogens is 286 g/mol. The van der Waals surface area contributed by atoms with Gasteiger partial charge in [0.2, 0.25) is 5.91 Å². The quantitative estimate of drug-likeness (QED) is 0.684. The normalized spacial score (nSPS) is 17.0. The number of benzene rings is 2. The van der Waals surface area contributed by atoms with Gasteiger partial charge in [0, 0.05) is 10.6 Å². The van der Waals surface area contributed by atoms with Crippen LogP contribution in [0.15, 0.2) is 42.5 Å². The number of para-hydroxylation sites is 2. The number of halogens is 1. The number of carbonyl (C=O) groups is 1. The van der Waals surface area contributed by atoms with Crippen LogP contribution in [0.1, 0.15) is 13.0 Å². The summed E-state index contributed by atoms with van der Waals surface area (Å²) in [6.45, 7) is 1.88. The van der Waals surface area contributed by atoms with E-state index in [0.717, 1.165) is 28.1 Å². The Morgan fingerprint density at radius 3 is 2.90 bits per heavy atom. The maximum absolute atomic E-state index is 12.4. The number of amides is 1. The maximum Gasteiger partial charge on any atom is 0.247 e. The second-order valence-corrected chi connectivity index (χ2v) is 5.59. The largest absolute Gasteiger partial charge is 0.324 e. The zero-order valence-corrected chi connectivity index (χ0v) is 12.1. The molecule has 1 aromatic heterocycles. The number of fused-ring (bicyclic) bond motifs is 5.